The van der Waals surface area contributed by atoms with Gasteiger partial charge in [-0.1, -0.05) is 31.6 Å². The van der Waals surface area contributed by atoms with Crippen molar-refractivity contribution in [3.05, 3.63) is 41.3 Å². The zero-order valence-electron chi connectivity index (χ0n) is 23.1. The number of oxazole rings is 1. The van der Waals surface area contributed by atoms with Gasteiger partial charge in [0.1, 0.15) is 17.4 Å². The van der Waals surface area contributed by atoms with Gasteiger partial charge in [-0.25, -0.2) is 4.98 Å². The van der Waals surface area contributed by atoms with Gasteiger partial charge in [0.15, 0.2) is 11.5 Å². The average molecular weight is 526 g/mol. The number of cyclic esters (lactones) is 1. The van der Waals surface area contributed by atoms with Crippen molar-refractivity contribution in [2.45, 2.75) is 91.6 Å². The van der Waals surface area contributed by atoms with Crippen molar-refractivity contribution in [2.75, 3.05) is 6.61 Å². The highest BCUT2D eigenvalue weighted by Crippen LogP contribution is 2.33. The molecule has 0 saturated carbocycles. The second kappa shape index (κ2) is 12.7. The summed E-state index contributed by atoms with van der Waals surface area (Å²) in [5.41, 5.74) is 1.76. The Morgan fingerprint density at radius 1 is 1.18 bits per heavy atom. The molecule has 0 radical (unpaired) electrons. The molecule has 0 fully saturated rings. The molecule has 0 aliphatic carbocycles. The summed E-state index contributed by atoms with van der Waals surface area (Å²) >= 11 is 0. The highest BCUT2D eigenvalue weighted by Gasteiger charge is 2.44. The highest BCUT2D eigenvalue weighted by molar-refractivity contribution is 5.88. The molecule has 0 amide bonds. The number of rotatable bonds is 2. The van der Waals surface area contributed by atoms with E-state index in [1.54, 1.807) is 40.7 Å². The van der Waals surface area contributed by atoms with Crippen molar-refractivity contribution in [3.8, 4) is 11.8 Å². The fraction of sp³-hybridized carbons (Fsp3) is 0.567. The van der Waals surface area contributed by atoms with E-state index in [0.29, 0.717) is 36.4 Å². The molecule has 5 atom stereocenters. The van der Waals surface area contributed by atoms with Gasteiger partial charge in [0.05, 0.1) is 42.7 Å². The first-order valence-electron chi connectivity index (χ1n) is 13.1. The standard InChI is InChI=1S/C30H39NO7/c1-7-8-9-22-28(34)19(3)36-15-14-18(2)10-12-24(21-11-13-25-23(16-21)31-20(4)37-25)38-27(33)17-26(32)30(5,6)29(22)35/h10-11,13,16,19,22,24,26,28,32,34H,9,12,14-15,17H2,1-6H3/b18-10-/t19-,22-,24+,26+,28-/m1/s1. The Morgan fingerprint density at radius 2 is 1.92 bits per heavy atom. The van der Waals surface area contributed by atoms with E-state index in [9.17, 15) is 19.8 Å². The molecular formula is C30H39NO7. The predicted octanol–water partition coefficient (Wildman–Crippen LogP) is 4.60. The van der Waals surface area contributed by atoms with Crippen LogP contribution < -0.4 is 0 Å². The van der Waals surface area contributed by atoms with Crippen LogP contribution in [-0.2, 0) is 19.1 Å². The molecule has 0 spiro atoms. The SMILES string of the molecule is CC#CC[C@H]1C(=O)C(C)(C)[C@@H](O)CC(=O)O[C@H](c2ccc3oc(C)nc3c2)C/C=C(/C)CCO[C@H](C)[C@H]1O. The number of carbonyl (C=O) groups excluding carboxylic acids is 2. The van der Waals surface area contributed by atoms with Gasteiger partial charge in [0.25, 0.3) is 0 Å². The number of aromatic nitrogens is 1. The van der Waals surface area contributed by atoms with Crippen molar-refractivity contribution < 1.29 is 33.7 Å². The number of Topliss-reactive ketones (excluding diaryl/α,β-unsaturated/α-hetero) is 1. The van der Waals surface area contributed by atoms with Gasteiger partial charge in [-0.2, -0.15) is 0 Å². The highest BCUT2D eigenvalue weighted by atomic mass is 16.5. The van der Waals surface area contributed by atoms with Crippen LogP contribution in [-0.4, -0.2) is 51.9 Å². The summed E-state index contributed by atoms with van der Waals surface area (Å²) in [4.78, 5) is 31.0. The molecule has 206 valence electrons. The second-order valence-corrected chi connectivity index (χ2v) is 10.6. The minimum Gasteiger partial charge on any atom is -0.457 e. The molecule has 0 bridgehead atoms. The summed E-state index contributed by atoms with van der Waals surface area (Å²) in [6.07, 6.45) is -0.916. The number of benzene rings is 1. The normalized spacial score (nSPS) is 29.2. The number of aliphatic hydroxyl groups is 2. The third-order valence-corrected chi connectivity index (χ3v) is 7.28. The minimum absolute atomic E-state index is 0.121. The van der Waals surface area contributed by atoms with E-state index in [0.717, 1.165) is 11.1 Å². The molecule has 0 saturated heterocycles. The Labute approximate surface area is 224 Å². The summed E-state index contributed by atoms with van der Waals surface area (Å²) < 4.78 is 17.3. The molecular weight excluding hydrogens is 486 g/mol. The fourth-order valence-electron chi connectivity index (χ4n) is 4.60. The largest absolute Gasteiger partial charge is 0.457 e. The number of aliphatic hydroxyl groups excluding tert-OH is 2. The lowest BCUT2D eigenvalue weighted by Gasteiger charge is -2.35. The Bertz CT molecular complexity index is 1230. The maximum atomic E-state index is 13.6. The molecule has 0 unspecified atom stereocenters. The lowest BCUT2D eigenvalue weighted by atomic mass is 9.72. The molecule has 1 aliphatic heterocycles. The molecule has 2 aromatic rings. The Hall–Kier alpha value is -2.99. The van der Waals surface area contributed by atoms with Crippen molar-refractivity contribution in [2.24, 2.45) is 11.3 Å². The van der Waals surface area contributed by atoms with Gasteiger partial charge in [-0.15, -0.1) is 11.8 Å². The van der Waals surface area contributed by atoms with Gasteiger partial charge < -0.3 is 24.1 Å². The zero-order chi connectivity index (χ0) is 28.0. The van der Waals surface area contributed by atoms with Crippen LogP contribution in [0.25, 0.3) is 11.1 Å². The number of ketones is 1. The van der Waals surface area contributed by atoms with Crippen LogP contribution >= 0.6 is 0 Å². The quantitative estimate of drug-likeness (QED) is 0.332. The topological polar surface area (TPSA) is 119 Å². The van der Waals surface area contributed by atoms with E-state index in [-0.39, 0.29) is 18.6 Å². The van der Waals surface area contributed by atoms with Gasteiger partial charge in [-0.05, 0) is 44.9 Å². The average Bonchev–Trinajstić information content (AvgIpc) is 3.24. The molecule has 38 heavy (non-hydrogen) atoms. The van der Waals surface area contributed by atoms with Gasteiger partial charge in [0.2, 0.25) is 0 Å². The molecule has 2 N–H and O–H groups in total. The van der Waals surface area contributed by atoms with Crippen molar-refractivity contribution in [3.63, 3.8) is 0 Å². The number of hydrogen-bond acceptors (Lipinski definition) is 8. The first kappa shape index (κ1) is 29.6. The van der Waals surface area contributed by atoms with Gasteiger partial charge >= 0.3 is 5.97 Å². The summed E-state index contributed by atoms with van der Waals surface area (Å²) in [5.74, 6) is 4.30. The Morgan fingerprint density at radius 3 is 2.63 bits per heavy atom. The molecule has 1 aromatic heterocycles. The summed E-state index contributed by atoms with van der Waals surface area (Å²) in [7, 11) is 0. The maximum Gasteiger partial charge on any atom is 0.309 e. The Kier molecular flexibility index (Phi) is 9.88. The summed E-state index contributed by atoms with van der Waals surface area (Å²) in [6.45, 7) is 10.6. The lowest BCUT2D eigenvalue weighted by molar-refractivity contribution is -0.156. The third-order valence-electron chi connectivity index (χ3n) is 7.28. The van der Waals surface area contributed by atoms with Crippen LogP contribution in [0, 0.1) is 30.1 Å². The predicted molar refractivity (Wildman–Crippen MR) is 143 cm³/mol. The smallest absolute Gasteiger partial charge is 0.309 e. The van der Waals surface area contributed by atoms with Crippen molar-refractivity contribution in [1.29, 1.82) is 0 Å². The van der Waals surface area contributed by atoms with E-state index >= 15 is 0 Å². The van der Waals surface area contributed by atoms with E-state index in [1.165, 1.54) is 0 Å². The number of aryl methyl sites for hydroxylation is 1. The third kappa shape index (κ3) is 7.10. The Balaban J connectivity index is 1.94. The first-order valence-corrected chi connectivity index (χ1v) is 13.1. The maximum absolute atomic E-state index is 13.6. The zero-order valence-corrected chi connectivity index (χ0v) is 23.1. The van der Waals surface area contributed by atoms with Crippen LogP contribution in [0.4, 0.5) is 0 Å². The van der Waals surface area contributed by atoms with Crippen LogP contribution in [0.15, 0.2) is 34.3 Å². The van der Waals surface area contributed by atoms with E-state index in [1.807, 2.05) is 25.1 Å². The molecule has 8 nitrogen and oxygen atoms in total. The molecule has 8 heteroatoms. The van der Waals surface area contributed by atoms with E-state index in [2.05, 4.69) is 16.8 Å². The number of fused-ring (bicyclic) bond motifs is 1. The molecule has 1 aromatic carbocycles. The second-order valence-electron chi connectivity index (χ2n) is 10.6. The number of carbonyl (C=O) groups is 2. The van der Waals surface area contributed by atoms with Crippen molar-refractivity contribution >= 4 is 22.9 Å². The molecule has 1 aliphatic rings. The van der Waals surface area contributed by atoms with Gasteiger partial charge in [0, 0.05) is 19.8 Å². The molecule has 2 heterocycles. The summed E-state index contributed by atoms with van der Waals surface area (Å²) in [5, 5.41) is 22.0. The number of ether oxygens (including phenoxy) is 2. The summed E-state index contributed by atoms with van der Waals surface area (Å²) in [6, 6.07) is 5.47. The fourth-order valence-corrected chi connectivity index (χ4v) is 4.60. The van der Waals surface area contributed by atoms with Crippen LogP contribution in [0.3, 0.4) is 0 Å². The van der Waals surface area contributed by atoms with E-state index < -0.39 is 41.7 Å². The number of esters is 1. The number of hydrogen-bond donors (Lipinski definition) is 2. The van der Waals surface area contributed by atoms with Gasteiger partial charge in [-0.3, -0.25) is 9.59 Å². The molecule has 3 rings (SSSR count). The number of nitrogens with zero attached hydrogens (tertiary/aromatic N) is 1. The first-order chi connectivity index (χ1) is 17.9. The minimum atomic E-state index is -1.33. The van der Waals surface area contributed by atoms with Crippen LogP contribution in [0.2, 0.25) is 0 Å². The van der Waals surface area contributed by atoms with Crippen LogP contribution in [0.5, 0.6) is 0 Å². The van der Waals surface area contributed by atoms with Crippen LogP contribution in [0.1, 0.15) is 77.9 Å². The van der Waals surface area contributed by atoms with Crippen molar-refractivity contribution in [1.82, 2.24) is 4.98 Å². The lowest BCUT2D eigenvalue weighted by Crippen LogP contribution is -2.48. The van der Waals surface area contributed by atoms with E-state index in [4.69, 9.17) is 13.9 Å². The monoisotopic (exact) mass is 525 g/mol.